The number of nitrogens with one attached hydrogen (secondary N) is 1. The van der Waals surface area contributed by atoms with Crippen LogP contribution in [0.25, 0.3) is 10.9 Å². The largest absolute Gasteiger partial charge is 0.508 e. The van der Waals surface area contributed by atoms with Gasteiger partial charge in [-0.3, -0.25) is 4.79 Å². The number of hydrogen-bond acceptors (Lipinski definition) is 4. The van der Waals surface area contributed by atoms with Crippen LogP contribution in [0.4, 0.5) is 18.9 Å². The topological polar surface area (TPSA) is 82.5 Å². The highest BCUT2D eigenvalue weighted by Crippen LogP contribution is 2.33. The molecule has 1 heterocycles. The Morgan fingerprint density at radius 2 is 1.70 bits per heavy atom. The van der Waals surface area contributed by atoms with Gasteiger partial charge in [0.25, 0.3) is 6.47 Å². The number of anilines is 1. The van der Waals surface area contributed by atoms with E-state index in [1.54, 1.807) is 48.5 Å². The fourth-order valence-corrected chi connectivity index (χ4v) is 2.52. The molecule has 0 unspecified atom stereocenters. The predicted molar refractivity (Wildman–Crippen MR) is 95.7 cm³/mol. The molecule has 3 aromatic rings. The van der Waals surface area contributed by atoms with E-state index in [0.717, 1.165) is 11.6 Å². The lowest BCUT2D eigenvalue weighted by molar-refractivity contribution is -0.140. The molecule has 0 aliphatic carbocycles. The molecule has 0 bridgehead atoms. The number of carbonyl (C=O) groups is 1. The molecule has 0 fully saturated rings. The Morgan fingerprint density at radius 1 is 1.07 bits per heavy atom. The average molecular weight is 378 g/mol. The first-order valence-corrected chi connectivity index (χ1v) is 7.92. The molecule has 0 amide bonds. The van der Waals surface area contributed by atoms with Crippen LogP contribution in [0.2, 0.25) is 0 Å². The molecule has 0 radical (unpaired) electrons. The molecular formula is C19H17F3N2O3. The van der Waals surface area contributed by atoms with Crippen LogP contribution in [0, 0.1) is 0 Å². The van der Waals surface area contributed by atoms with Crippen molar-refractivity contribution in [2.45, 2.75) is 12.6 Å². The molecule has 142 valence electrons. The Bertz CT molecular complexity index is 914. The number of alkyl halides is 3. The number of aromatic hydroxyl groups is 1. The smallest absolute Gasteiger partial charge is 0.433 e. The summed E-state index contributed by atoms with van der Waals surface area (Å²) in [5.74, 6) is 0.176. The van der Waals surface area contributed by atoms with Crippen LogP contribution in [-0.4, -0.2) is 28.2 Å². The van der Waals surface area contributed by atoms with Gasteiger partial charge >= 0.3 is 6.18 Å². The van der Waals surface area contributed by atoms with Gasteiger partial charge in [0, 0.05) is 17.6 Å². The third kappa shape index (κ3) is 5.34. The summed E-state index contributed by atoms with van der Waals surface area (Å²) in [6.07, 6.45) is -4.01. The van der Waals surface area contributed by atoms with Crippen LogP contribution in [0.1, 0.15) is 11.3 Å². The maximum Gasteiger partial charge on any atom is 0.433 e. The minimum absolute atomic E-state index is 0.176. The number of rotatable bonds is 4. The van der Waals surface area contributed by atoms with Gasteiger partial charge in [0.2, 0.25) is 0 Å². The van der Waals surface area contributed by atoms with E-state index in [9.17, 15) is 18.3 Å². The predicted octanol–water partition coefficient (Wildman–Crippen LogP) is 4.31. The number of aromatic nitrogens is 1. The van der Waals surface area contributed by atoms with E-state index in [2.05, 4.69) is 10.3 Å². The summed E-state index contributed by atoms with van der Waals surface area (Å²) in [4.78, 5) is 12.0. The van der Waals surface area contributed by atoms with E-state index < -0.39 is 11.9 Å². The van der Waals surface area contributed by atoms with E-state index in [4.69, 9.17) is 9.90 Å². The molecular weight excluding hydrogens is 361 g/mol. The molecule has 0 spiro atoms. The van der Waals surface area contributed by atoms with Crippen molar-refractivity contribution >= 4 is 23.1 Å². The van der Waals surface area contributed by atoms with Crippen molar-refractivity contribution < 1.29 is 28.2 Å². The summed E-state index contributed by atoms with van der Waals surface area (Å²) >= 11 is 0. The number of benzene rings is 2. The normalized spacial score (nSPS) is 10.8. The van der Waals surface area contributed by atoms with Crippen LogP contribution in [0.5, 0.6) is 5.75 Å². The number of fused-ring (bicyclic) bond motifs is 1. The van der Waals surface area contributed by atoms with Crippen LogP contribution in [0.15, 0.2) is 54.6 Å². The van der Waals surface area contributed by atoms with Crippen LogP contribution >= 0.6 is 0 Å². The molecule has 0 saturated carbocycles. The van der Waals surface area contributed by atoms with E-state index in [0.29, 0.717) is 24.0 Å². The van der Waals surface area contributed by atoms with Crippen molar-refractivity contribution in [2.75, 3.05) is 11.9 Å². The Kier molecular flexibility index (Phi) is 6.59. The number of nitrogens with zero attached hydrogens (tertiary/aromatic N) is 1. The van der Waals surface area contributed by atoms with Crippen molar-refractivity contribution in [3.05, 3.63) is 65.9 Å². The molecule has 5 nitrogen and oxygen atoms in total. The SMILES string of the molecule is O=CO.Oc1ccccc1CCNc1cc(C(F)(F)F)nc2ccccc12. The van der Waals surface area contributed by atoms with Gasteiger partial charge in [0.05, 0.1) is 5.52 Å². The van der Waals surface area contributed by atoms with Crippen molar-refractivity contribution in [1.82, 2.24) is 4.98 Å². The third-order valence-corrected chi connectivity index (χ3v) is 3.71. The Balaban J connectivity index is 0.000000817. The fourth-order valence-electron chi connectivity index (χ4n) is 2.52. The molecule has 8 heteroatoms. The lowest BCUT2D eigenvalue weighted by Crippen LogP contribution is -2.11. The maximum absolute atomic E-state index is 13.0. The van der Waals surface area contributed by atoms with Gasteiger partial charge < -0.3 is 15.5 Å². The average Bonchev–Trinajstić information content (AvgIpc) is 2.63. The van der Waals surface area contributed by atoms with E-state index >= 15 is 0 Å². The Hall–Kier alpha value is -3.29. The summed E-state index contributed by atoms with van der Waals surface area (Å²) in [5, 5.41) is 20.3. The first kappa shape index (κ1) is 20.0. The third-order valence-electron chi connectivity index (χ3n) is 3.71. The highest BCUT2D eigenvalue weighted by atomic mass is 19.4. The first-order chi connectivity index (χ1) is 12.9. The van der Waals surface area contributed by atoms with E-state index in [-0.39, 0.29) is 17.7 Å². The number of phenolic OH excluding ortho intramolecular Hbond substituents is 1. The second kappa shape index (κ2) is 8.88. The first-order valence-electron chi connectivity index (χ1n) is 7.92. The second-order valence-corrected chi connectivity index (χ2v) is 5.48. The Labute approximate surface area is 153 Å². The number of para-hydroxylation sites is 2. The number of halogens is 3. The van der Waals surface area contributed by atoms with Gasteiger partial charge in [-0.2, -0.15) is 13.2 Å². The van der Waals surface area contributed by atoms with E-state index in [1.165, 1.54) is 0 Å². The van der Waals surface area contributed by atoms with Gasteiger partial charge in [-0.15, -0.1) is 0 Å². The summed E-state index contributed by atoms with van der Waals surface area (Å²) in [6, 6.07) is 14.6. The van der Waals surface area contributed by atoms with E-state index in [1.807, 2.05) is 0 Å². The van der Waals surface area contributed by atoms with Gasteiger partial charge in [0.15, 0.2) is 0 Å². The minimum Gasteiger partial charge on any atom is -0.508 e. The van der Waals surface area contributed by atoms with Gasteiger partial charge in [-0.25, -0.2) is 4.98 Å². The maximum atomic E-state index is 13.0. The molecule has 0 saturated heterocycles. The number of hydrogen-bond donors (Lipinski definition) is 3. The number of carboxylic acid groups (broad SMARTS) is 1. The monoisotopic (exact) mass is 378 g/mol. The zero-order chi connectivity index (χ0) is 19.9. The quantitative estimate of drug-likeness (QED) is 0.589. The molecule has 2 aromatic carbocycles. The standard InChI is InChI=1S/C18H15F3N2O.CH2O2/c19-18(20,21)17-11-15(13-6-2-3-7-14(13)23-17)22-10-9-12-5-1-4-8-16(12)24;2-1-3/h1-8,11,24H,9-10H2,(H,22,23);1H,(H,2,3). The molecule has 0 aliphatic rings. The molecule has 1 aromatic heterocycles. The molecule has 27 heavy (non-hydrogen) atoms. The highest BCUT2D eigenvalue weighted by Gasteiger charge is 2.33. The van der Waals surface area contributed by atoms with Crippen molar-refractivity contribution in [1.29, 1.82) is 0 Å². The molecule has 0 atom stereocenters. The van der Waals surface area contributed by atoms with Gasteiger partial charge in [-0.05, 0) is 30.2 Å². The van der Waals surface area contributed by atoms with Crippen LogP contribution in [-0.2, 0) is 17.4 Å². The zero-order valence-corrected chi connectivity index (χ0v) is 14.1. The zero-order valence-electron chi connectivity index (χ0n) is 14.1. The highest BCUT2D eigenvalue weighted by molar-refractivity contribution is 5.91. The summed E-state index contributed by atoms with van der Waals surface area (Å²) in [6.45, 7) is 0.142. The van der Waals surface area contributed by atoms with Crippen LogP contribution < -0.4 is 5.32 Å². The van der Waals surface area contributed by atoms with Crippen molar-refractivity contribution in [2.24, 2.45) is 0 Å². The lowest BCUT2D eigenvalue weighted by atomic mass is 10.1. The molecule has 3 N–H and O–H groups in total. The van der Waals surface area contributed by atoms with Gasteiger partial charge in [-0.1, -0.05) is 36.4 Å². The Morgan fingerprint density at radius 3 is 2.37 bits per heavy atom. The summed E-state index contributed by atoms with van der Waals surface area (Å²) in [5.41, 5.74) is 0.478. The minimum atomic E-state index is -4.50. The van der Waals surface area contributed by atoms with Crippen molar-refractivity contribution in [3.63, 3.8) is 0 Å². The summed E-state index contributed by atoms with van der Waals surface area (Å²) in [7, 11) is 0. The number of phenols is 1. The lowest BCUT2D eigenvalue weighted by Gasteiger charge is -2.13. The number of pyridine rings is 1. The second-order valence-electron chi connectivity index (χ2n) is 5.48. The summed E-state index contributed by atoms with van der Waals surface area (Å²) < 4.78 is 39.0. The molecule has 0 aliphatic heterocycles. The molecule has 3 rings (SSSR count). The van der Waals surface area contributed by atoms with Crippen LogP contribution in [0.3, 0.4) is 0 Å². The van der Waals surface area contributed by atoms with Gasteiger partial charge in [0.1, 0.15) is 11.4 Å². The van der Waals surface area contributed by atoms with Crippen molar-refractivity contribution in [3.8, 4) is 5.75 Å². The fraction of sp³-hybridized carbons (Fsp3) is 0.158.